The van der Waals surface area contributed by atoms with Crippen molar-refractivity contribution in [2.45, 2.75) is 36.3 Å². The first-order chi connectivity index (χ1) is 17.0. The van der Waals surface area contributed by atoms with E-state index in [1.807, 2.05) is 24.4 Å². The van der Waals surface area contributed by atoms with Crippen LogP contribution in [0.1, 0.15) is 25.3 Å². The van der Waals surface area contributed by atoms with E-state index in [2.05, 4.69) is 43.1 Å². The second-order valence-electron chi connectivity index (χ2n) is 6.69. The van der Waals surface area contributed by atoms with E-state index in [9.17, 15) is 39.5 Å². The van der Waals surface area contributed by atoms with Crippen LogP contribution in [0.25, 0.3) is 11.3 Å². The Bertz CT molecular complexity index is 1260. The van der Waals surface area contributed by atoms with E-state index in [4.69, 9.17) is 38.9 Å². The summed E-state index contributed by atoms with van der Waals surface area (Å²) in [7, 11) is -18.3. The molecule has 0 saturated carbocycles. The van der Waals surface area contributed by atoms with Gasteiger partial charge in [0.05, 0.1) is 5.69 Å². The summed E-state index contributed by atoms with van der Waals surface area (Å²) >= 11 is 0. The maximum atomic E-state index is 10.7. The second kappa shape index (κ2) is 15.9. The van der Waals surface area contributed by atoms with Crippen LogP contribution in [0.4, 0.5) is 39.5 Å². The molecular formula is C17H15F9NO9RuS3. The largest absolute Gasteiger partial charge is 3.00 e. The number of rotatable bonds is 2. The normalized spacial score (nSPS) is 12.4. The van der Waals surface area contributed by atoms with Gasteiger partial charge in [-0.2, -0.15) is 39.5 Å². The van der Waals surface area contributed by atoms with E-state index in [0.717, 1.165) is 5.69 Å². The molecule has 0 aliphatic rings. The van der Waals surface area contributed by atoms with Crippen molar-refractivity contribution in [1.29, 1.82) is 0 Å². The van der Waals surface area contributed by atoms with Gasteiger partial charge in [-0.15, -0.1) is 0 Å². The van der Waals surface area contributed by atoms with Gasteiger partial charge in [-0.3, -0.25) is 4.98 Å². The van der Waals surface area contributed by atoms with E-state index >= 15 is 0 Å². The molecule has 1 aromatic carbocycles. The van der Waals surface area contributed by atoms with Crippen molar-refractivity contribution in [3.05, 3.63) is 54.2 Å². The van der Waals surface area contributed by atoms with Crippen molar-refractivity contribution in [2.24, 2.45) is 0 Å². The molecule has 1 radical (unpaired) electrons. The molecule has 2 rings (SSSR count). The Morgan fingerprint density at radius 1 is 0.650 bits per heavy atom. The molecule has 0 amide bonds. The molecule has 0 N–H and O–H groups in total. The summed E-state index contributed by atoms with van der Waals surface area (Å²) in [5, 5.41) is 0. The molecule has 0 aliphatic heterocycles. The molecule has 1 aromatic heterocycles. The Morgan fingerprint density at radius 2 is 0.950 bits per heavy atom. The van der Waals surface area contributed by atoms with Crippen LogP contribution in [0.3, 0.4) is 0 Å². The number of hydrogen-bond acceptors (Lipinski definition) is 10. The molecule has 0 unspecified atom stereocenters. The molecule has 0 bridgehead atoms. The second-order valence-corrected chi connectivity index (χ2v) is 10.8. The van der Waals surface area contributed by atoms with Crippen molar-refractivity contribution in [1.82, 2.24) is 4.98 Å². The number of halogens is 9. The van der Waals surface area contributed by atoms with Crippen molar-refractivity contribution in [3.63, 3.8) is 0 Å². The first-order valence-corrected chi connectivity index (χ1v) is 13.3. The fourth-order valence-corrected chi connectivity index (χ4v) is 1.57. The molecule has 23 heteroatoms. The van der Waals surface area contributed by atoms with Crippen LogP contribution >= 0.6 is 0 Å². The molecule has 1 heterocycles. The van der Waals surface area contributed by atoms with Crippen LogP contribution in [-0.2, 0) is 49.8 Å². The SMILES string of the molecule is CC(C)c1ccnc(-c2ccccc2)c1.O=S(=O)([O-])C(F)(F)F.O=S(=O)([O-])C(F)(F)F.O=S(=O)([O-])C(F)(F)F.[Ru+3]. The van der Waals surface area contributed by atoms with Crippen LogP contribution in [0, 0.1) is 0 Å². The molecule has 0 atom stereocenters. The zero-order chi connectivity index (χ0) is 31.7. The molecular weight excluding hydrogens is 730 g/mol. The number of benzene rings is 1. The van der Waals surface area contributed by atoms with Gasteiger partial charge in [0.15, 0.2) is 30.4 Å². The van der Waals surface area contributed by atoms with Crippen molar-refractivity contribution in [3.8, 4) is 11.3 Å². The summed E-state index contributed by atoms with van der Waals surface area (Å²) < 4.78 is 177. The van der Waals surface area contributed by atoms with Crippen molar-refractivity contribution >= 4 is 30.4 Å². The van der Waals surface area contributed by atoms with Crippen molar-refractivity contribution < 1.29 is 97.9 Å². The summed E-state index contributed by atoms with van der Waals surface area (Å²) in [4.78, 5) is 4.39. The maximum absolute atomic E-state index is 10.7. The molecule has 0 aliphatic carbocycles. The Kier molecular flexibility index (Phi) is 16.9. The van der Waals surface area contributed by atoms with E-state index in [0.29, 0.717) is 5.92 Å². The van der Waals surface area contributed by atoms with E-state index < -0.39 is 46.9 Å². The minimum absolute atomic E-state index is 0. The molecule has 40 heavy (non-hydrogen) atoms. The zero-order valence-electron chi connectivity index (χ0n) is 19.3. The third kappa shape index (κ3) is 17.0. The van der Waals surface area contributed by atoms with Gasteiger partial charge in [0.25, 0.3) is 0 Å². The average molecular weight is 746 g/mol. The van der Waals surface area contributed by atoms with E-state index in [1.54, 1.807) is 0 Å². The molecule has 0 fully saturated rings. The summed E-state index contributed by atoms with van der Waals surface area (Å²) in [5.41, 5.74) is -13.4. The van der Waals surface area contributed by atoms with Gasteiger partial charge in [-0.1, -0.05) is 44.2 Å². The van der Waals surface area contributed by atoms with Gasteiger partial charge < -0.3 is 13.7 Å². The predicted molar refractivity (Wildman–Crippen MR) is 111 cm³/mol. The van der Waals surface area contributed by atoms with Gasteiger partial charge in [-0.05, 0) is 23.6 Å². The Morgan fingerprint density at radius 3 is 1.20 bits per heavy atom. The molecule has 231 valence electrons. The van der Waals surface area contributed by atoms with E-state index in [1.165, 1.54) is 11.1 Å². The quantitative estimate of drug-likeness (QED) is 0.188. The fraction of sp³-hybridized carbons (Fsp3) is 0.353. The Labute approximate surface area is 234 Å². The first kappa shape index (κ1) is 42.6. The summed E-state index contributed by atoms with van der Waals surface area (Å²) in [5.74, 6) is 0.551. The topological polar surface area (TPSA) is 184 Å². The zero-order valence-corrected chi connectivity index (χ0v) is 23.5. The number of hydrogen-bond donors (Lipinski definition) is 0. The van der Waals surface area contributed by atoms with Gasteiger partial charge in [0.1, 0.15) is 0 Å². The molecule has 2 aromatic rings. The van der Waals surface area contributed by atoms with Gasteiger partial charge >= 0.3 is 36.0 Å². The predicted octanol–water partition coefficient (Wildman–Crippen LogP) is 4.02. The monoisotopic (exact) mass is 746 g/mol. The number of pyridine rings is 1. The third-order valence-electron chi connectivity index (χ3n) is 3.37. The first-order valence-electron chi connectivity index (χ1n) is 9.10. The average Bonchev–Trinajstić information content (AvgIpc) is 2.71. The molecule has 0 spiro atoms. The Balaban J connectivity index is -0.000000480. The number of nitrogens with zero attached hydrogens (tertiary/aromatic N) is 1. The Hall–Kier alpha value is -1.91. The summed E-state index contributed by atoms with van der Waals surface area (Å²) in [6.45, 7) is 4.40. The minimum atomic E-state index is -6.09. The smallest absolute Gasteiger partial charge is 0.741 e. The standard InChI is InChI=1S/C14H15N.3CHF3O3S.Ru/c1-11(2)13-8-9-15-14(10-13)12-6-4-3-5-7-12;3*2-1(3,4)8(5,6)7;/h3-11H,1-2H3;3*(H,5,6,7);/q;;;;+3/p-3. The maximum Gasteiger partial charge on any atom is 3.00 e. The van der Waals surface area contributed by atoms with Crippen LogP contribution in [-0.4, -0.2) is 60.4 Å². The third-order valence-corrected chi connectivity index (χ3v) is 5.07. The van der Waals surface area contributed by atoms with E-state index in [-0.39, 0.29) is 19.5 Å². The number of aromatic nitrogens is 1. The summed E-state index contributed by atoms with van der Waals surface area (Å²) in [6, 6.07) is 14.5. The minimum Gasteiger partial charge on any atom is -0.741 e. The van der Waals surface area contributed by atoms with Crippen LogP contribution in [0.15, 0.2) is 48.7 Å². The van der Waals surface area contributed by atoms with Crippen molar-refractivity contribution in [2.75, 3.05) is 0 Å². The summed E-state index contributed by atoms with van der Waals surface area (Å²) in [6.07, 6.45) is 1.89. The number of alkyl halides is 9. The van der Waals surface area contributed by atoms with Gasteiger partial charge in [0.2, 0.25) is 0 Å². The van der Waals surface area contributed by atoms with Gasteiger partial charge in [0, 0.05) is 11.8 Å². The molecule has 0 saturated heterocycles. The van der Waals surface area contributed by atoms with Crippen LogP contribution in [0.2, 0.25) is 0 Å². The van der Waals surface area contributed by atoms with Gasteiger partial charge in [-0.25, -0.2) is 25.3 Å². The van der Waals surface area contributed by atoms with Crippen LogP contribution in [0.5, 0.6) is 0 Å². The fourth-order valence-electron chi connectivity index (χ4n) is 1.57. The molecule has 10 nitrogen and oxygen atoms in total. The van der Waals surface area contributed by atoms with Crippen LogP contribution < -0.4 is 0 Å².